The second kappa shape index (κ2) is 13.1. The summed E-state index contributed by atoms with van der Waals surface area (Å²) in [5, 5.41) is 6.21. The van der Waals surface area contributed by atoms with E-state index in [9.17, 15) is 14.0 Å². The summed E-state index contributed by atoms with van der Waals surface area (Å²) in [6.07, 6.45) is 3.34. The van der Waals surface area contributed by atoms with Gasteiger partial charge in [-0.2, -0.15) is 0 Å². The smallest absolute Gasteiger partial charge is 0.407 e. The molecule has 2 aliphatic rings. The van der Waals surface area contributed by atoms with E-state index in [1.165, 1.54) is 12.1 Å². The van der Waals surface area contributed by atoms with Crippen LogP contribution in [0.5, 0.6) is 0 Å². The number of hydrogen-bond acceptors (Lipinski definition) is 8. The van der Waals surface area contributed by atoms with E-state index in [1.54, 1.807) is 29.4 Å². The molecule has 1 unspecified atom stereocenters. The molecular weight excluding hydrogens is 541 g/mol. The van der Waals surface area contributed by atoms with Gasteiger partial charge in [-0.3, -0.25) is 14.7 Å². The summed E-state index contributed by atoms with van der Waals surface area (Å²) < 4.78 is 30.3. The van der Waals surface area contributed by atoms with Gasteiger partial charge in [-0.1, -0.05) is 42.5 Å². The molecule has 2 aromatic carbocycles. The van der Waals surface area contributed by atoms with Gasteiger partial charge in [0.05, 0.1) is 25.3 Å². The Morgan fingerprint density at radius 3 is 2.43 bits per heavy atom. The minimum Gasteiger partial charge on any atom is -0.445 e. The fraction of sp³-hybridized carbons (Fsp3) is 0.355. The molecule has 1 fully saturated rings. The molecule has 1 aromatic heterocycles. The van der Waals surface area contributed by atoms with E-state index < -0.39 is 17.2 Å². The number of pyridine rings is 1. The fourth-order valence-corrected chi connectivity index (χ4v) is 5.20. The number of amides is 2. The lowest BCUT2D eigenvalue weighted by Gasteiger charge is -2.43. The molecule has 2 N–H and O–H groups in total. The van der Waals surface area contributed by atoms with Crippen molar-refractivity contribution in [2.45, 2.75) is 37.5 Å². The molecular formula is C31H34FN5O5. The molecule has 5 rings (SSSR count). The first-order valence-electron chi connectivity index (χ1n) is 13.8. The Labute approximate surface area is 243 Å². The molecule has 11 heteroatoms. The summed E-state index contributed by atoms with van der Waals surface area (Å²) in [7, 11) is 0. The normalized spacial score (nSPS) is 19.3. The molecule has 0 saturated carbocycles. The first-order valence-corrected chi connectivity index (χ1v) is 13.8. The third-order valence-corrected chi connectivity index (χ3v) is 7.34. The Bertz CT molecular complexity index is 1380. The van der Waals surface area contributed by atoms with E-state index in [2.05, 4.69) is 15.6 Å². The molecule has 2 amide bonds. The third kappa shape index (κ3) is 6.58. The quantitative estimate of drug-likeness (QED) is 0.374. The summed E-state index contributed by atoms with van der Waals surface area (Å²) in [5.74, 6) is -0.184. The molecule has 1 atom stereocenters. The summed E-state index contributed by atoms with van der Waals surface area (Å²) in [4.78, 5) is 36.5. The lowest BCUT2D eigenvalue weighted by Crippen LogP contribution is -2.63. The number of benzene rings is 2. The summed E-state index contributed by atoms with van der Waals surface area (Å²) >= 11 is 0. The van der Waals surface area contributed by atoms with Gasteiger partial charge in [0.15, 0.2) is 0 Å². The van der Waals surface area contributed by atoms with Crippen molar-refractivity contribution in [2.75, 3.05) is 33.1 Å². The van der Waals surface area contributed by atoms with Crippen LogP contribution in [0.4, 0.5) is 9.18 Å². The molecule has 42 heavy (non-hydrogen) atoms. The monoisotopic (exact) mass is 575 g/mol. The summed E-state index contributed by atoms with van der Waals surface area (Å²) in [6, 6.07) is 19.4. The van der Waals surface area contributed by atoms with Gasteiger partial charge >= 0.3 is 6.09 Å². The number of carbonyl (C=O) groups is 2. The van der Waals surface area contributed by atoms with Gasteiger partial charge in [0.1, 0.15) is 24.8 Å². The molecule has 0 radical (unpaired) electrons. The summed E-state index contributed by atoms with van der Waals surface area (Å²) in [5.41, 5.74) is 0.870. The van der Waals surface area contributed by atoms with E-state index in [-0.39, 0.29) is 57.8 Å². The maximum Gasteiger partial charge on any atom is 0.407 e. The van der Waals surface area contributed by atoms with Gasteiger partial charge in [-0.05, 0) is 54.3 Å². The third-order valence-electron chi connectivity index (χ3n) is 7.34. The van der Waals surface area contributed by atoms with Crippen LogP contribution in [-0.4, -0.2) is 66.5 Å². The lowest BCUT2D eigenvalue weighted by molar-refractivity contribution is -0.169. The van der Waals surface area contributed by atoms with Crippen LogP contribution in [0.15, 0.2) is 84.1 Å². The predicted octanol–water partition coefficient (Wildman–Crippen LogP) is 3.72. The van der Waals surface area contributed by atoms with Crippen LogP contribution in [0.1, 0.15) is 36.5 Å². The van der Waals surface area contributed by atoms with Gasteiger partial charge in [0.2, 0.25) is 11.9 Å². The van der Waals surface area contributed by atoms with Crippen molar-refractivity contribution in [1.82, 2.24) is 20.5 Å². The highest BCUT2D eigenvalue weighted by molar-refractivity contribution is 5.99. The van der Waals surface area contributed by atoms with Crippen molar-refractivity contribution in [1.29, 1.82) is 0 Å². The standard InChI is InChI=1S/C31H34FN5O5/c1-30(20-40-22-41-21-30)37(27(38)8-5-15-34-29(39)42-18-23-6-3-2-4-7-23)28-35-19-31(36-28,25-13-16-33-17-14-25)24-9-11-26(32)12-10-24/h2-4,6-7,9-14,16-17H,5,8,15,18-22H2,1H3,(H,34,39)(H,35,36). The highest BCUT2D eigenvalue weighted by Gasteiger charge is 2.47. The molecule has 0 spiro atoms. The van der Waals surface area contributed by atoms with Crippen molar-refractivity contribution in [3.05, 3.63) is 102 Å². The average molecular weight is 576 g/mol. The Balaban J connectivity index is 1.28. The number of rotatable bonds is 9. The van der Waals surface area contributed by atoms with Crippen LogP contribution in [0.3, 0.4) is 0 Å². The molecule has 10 nitrogen and oxygen atoms in total. The van der Waals surface area contributed by atoms with Crippen molar-refractivity contribution in [3.8, 4) is 0 Å². The van der Waals surface area contributed by atoms with E-state index in [1.807, 2.05) is 49.4 Å². The number of hydrogen-bond donors (Lipinski definition) is 2. The highest BCUT2D eigenvalue weighted by Crippen LogP contribution is 2.35. The lowest BCUT2D eigenvalue weighted by atomic mass is 9.84. The zero-order valence-corrected chi connectivity index (χ0v) is 23.4. The number of guanidine groups is 1. The fourth-order valence-electron chi connectivity index (χ4n) is 5.20. The molecule has 220 valence electrons. The number of aromatic nitrogens is 1. The number of aliphatic imine (C=N–C) groups is 1. The largest absolute Gasteiger partial charge is 0.445 e. The van der Waals surface area contributed by atoms with Crippen molar-refractivity contribution in [2.24, 2.45) is 4.99 Å². The Morgan fingerprint density at radius 2 is 1.71 bits per heavy atom. The van der Waals surface area contributed by atoms with Crippen molar-refractivity contribution < 1.29 is 28.2 Å². The number of alkyl carbamates (subject to hydrolysis) is 1. The topological polar surface area (TPSA) is 114 Å². The van der Waals surface area contributed by atoms with Crippen molar-refractivity contribution >= 4 is 18.0 Å². The van der Waals surface area contributed by atoms with Crippen molar-refractivity contribution in [3.63, 3.8) is 0 Å². The predicted molar refractivity (Wildman–Crippen MR) is 153 cm³/mol. The van der Waals surface area contributed by atoms with Gasteiger partial charge in [0.25, 0.3) is 0 Å². The van der Waals surface area contributed by atoms with Gasteiger partial charge in [-0.25, -0.2) is 14.2 Å². The molecule has 2 aliphatic heterocycles. The first-order chi connectivity index (χ1) is 20.4. The minimum absolute atomic E-state index is 0.133. The Hall–Kier alpha value is -4.35. The molecule has 0 bridgehead atoms. The van der Waals surface area contributed by atoms with E-state index in [0.717, 1.165) is 16.7 Å². The number of nitrogens with zero attached hydrogens (tertiary/aromatic N) is 3. The van der Waals surface area contributed by atoms with Gasteiger partial charge in [0, 0.05) is 25.4 Å². The molecule has 3 aromatic rings. The summed E-state index contributed by atoms with van der Waals surface area (Å²) in [6.45, 7) is 3.23. The van der Waals surface area contributed by atoms with Gasteiger partial charge < -0.3 is 24.8 Å². The van der Waals surface area contributed by atoms with Crippen LogP contribution in [0.25, 0.3) is 0 Å². The van der Waals surface area contributed by atoms with Gasteiger partial charge in [-0.15, -0.1) is 0 Å². The van der Waals surface area contributed by atoms with E-state index in [0.29, 0.717) is 12.4 Å². The maximum atomic E-state index is 13.8. The van der Waals surface area contributed by atoms with Crippen LogP contribution >= 0.6 is 0 Å². The van der Waals surface area contributed by atoms with Crippen LogP contribution in [0, 0.1) is 5.82 Å². The van der Waals surface area contributed by atoms with E-state index >= 15 is 0 Å². The van der Waals surface area contributed by atoms with Crippen LogP contribution in [0.2, 0.25) is 0 Å². The molecule has 1 saturated heterocycles. The second-order valence-corrected chi connectivity index (χ2v) is 10.5. The first kappa shape index (κ1) is 29.2. The van der Waals surface area contributed by atoms with Crippen LogP contribution in [-0.2, 0) is 31.2 Å². The number of halogens is 1. The molecule has 3 heterocycles. The highest BCUT2D eigenvalue weighted by atomic mass is 19.1. The Morgan fingerprint density at radius 1 is 1.02 bits per heavy atom. The molecule has 0 aliphatic carbocycles. The number of nitrogens with one attached hydrogen (secondary N) is 2. The Kier molecular flexibility index (Phi) is 9.09. The number of carbonyl (C=O) groups excluding carboxylic acids is 2. The second-order valence-electron chi connectivity index (χ2n) is 10.5. The number of ether oxygens (including phenoxy) is 3. The van der Waals surface area contributed by atoms with E-state index in [4.69, 9.17) is 19.2 Å². The average Bonchev–Trinajstić information content (AvgIpc) is 3.45. The minimum atomic E-state index is -0.846. The SMILES string of the molecule is CC1(N(C(=O)CCCNC(=O)OCc2ccccc2)C2=NCC(c3ccncc3)(c3ccc(F)cc3)N2)COCOC1. The zero-order chi connectivity index (χ0) is 29.4. The zero-order valence-electron chi connectivity index (χ0n) is 23.4. The maximum absolute atomic E-state index is 13.8. The van der Waals surface area contributed by atoms with Crippen LogP contribution < -0.4 is 10.6 Å².